The molecule has 0 amide bonds. The minimum Gasteiger partial charge on any atom is -0.398 e. The van der Waals surface area contributed by atoms with Gasteiger partial charge in [-0.05, 0) is 37.6 Å². The lowest BCUT2D eigenvalue weighted by molar-refractivity contribution is 0.248. The van der Waals surface area contributed by atoms with Gasteiger partial charge < -0.3 is 8.85 Å². The Morgan fingerprint density at radius 2 is 2.00 bits per heavy atom. The van der Waals surface area contributed by atoms with Crippen molar-refractivity contribution in [2.24, 2.45) is 0 Å². The maximum absolute atomic E-state index is 5.42. The lowest BCUT2D eigenvalue weighted by atomic mass is 10.2. The average molecular weight is 225 g/mol. The first-order valence-corrected chi connectivity index (χ1v) is 7.73. The van der Waals surface area contributed by atoms with Crippen LogP contribution in [-0.4, -0.2) is 27.8 Å². The predicted molar refractivity (Wildman–Crippen MR) is 63.0 cm³/mol. The van der Waals surface area contributed by atoms with E-state index >= 15 is 0 Å². The smallest absolute Gasteiger partial charge is 0.334 e. The summed E-state index contributed by atoms with van der Waals surface area (Å²) in [6, 6.07) is 7.02. The Bertz CT molecular complexity index is 275. The highest BCUT2D eigenvalue weighted by atomic mass is 28.4. The van der Waals surface area contributed by atoms with E-state index in [0.29, 0.717) is 0 Å². The largest absolute Gasteiger partial charge is 0.398 e. The van der Waals surface area contributed by atoms with Crippen LogP contribution in [0.15, 0.2) is 24.4 Å². The van der Waals surface area contributed by atoms with Crippen LogP contribution in [0.5, 0.6) is 0 Å². The van der Waals surface area contributed by atoms with E-state index in [2.05, 4.69) is 17.6 Å². The fourth-order valence-electron chi connectivity index (χ4n) is 1.42. The van der Waals surface area contributed by atoms with Crippen molar-refractivity contribution in [1.82, 2.24) is 4.98 Å². The maximum atomic E-state index is 5.42. The van der Waals surface area contributed by atoms with Crippen LogP contribution in [0.2, 0.25) is 12.6 Å². The van der Waals surface area contributed by atoms with Gasteiger partial charge in [-0.2, -0.15) is 0 Å². The molecular weight excluding hydrogens is 206 g/mol. The second-order valence-electron chi connectivity index (χ2n) is 3.72. The van der Waals surface area contributed by atoms with Gasteiger partial charge in [0.25, 0.3) is 0 Å². The van der Waals surface area contributed by atoms with Crippen LogP contribution >= 0.6 is 0 Å². The summed E-state index contributed by atoms with van der Waals surface area (Å²) in [6.07, 6.45) is 3.90. The fraction of sp³-hybridized carbons (Fsp3) is 0.545. The van der Waals surface area contributed by atoms with Crippen molar-refractivity contribution < 1.29 is 8.85 Å². The van der Waals surface area contributed by atoms with Gasteiger partial charge in [-0.25, -0.2) is 0 Å². The summed E-state index contributed by atoms with van der Waals surface area (Å²) in [7, 11) is 1.59. The number of aromatic nitrogens is 1. The van der Waals surface area contributed by atoms with E-state index in [0.717, 1.165) is 24.6 Å². The lowest BCUT2D eigenvalue weighted by Gasteiger charge is -2.22. The van der Waals surface area contributed by atoms with Crippen molar-refractivity contribution in [3.05, 3.63) is 30.1 Å². The molecule has 0 bridgehead atoms. The molecule has 0 atom stereocenters. The molecule has 0 N–H and O–H groups in total. The minimum absolute atomic E-state index is 0.996. The highest BCUT2D eigenvalue weighted by Gasteiger charge is 2.27. The molecule has 1 heterocycles. The monoisotopic (exact) mass is 225 g/mol. The van der Waals surface area contributed by atoms with Crippen molar-refractivity contribution in [3.8, 4) is 0 Å². The van der Waals surface area contributed by atoms with Crippen molar-refractivity contribution in [1.29, 1.82) is 0 Å². The third-order valence-corrected chi connectivity index (χ3v) is 5.64. The van der Waals surface area contributed by atoms with E-state index < -0.39 is 8.56 Å². The molecule has 0 aliphatic heterocycles. The second-order valence-corrected chi connectivity index (χ2v) is 7.30. The first kappa shape index (κ1) is 12.4. The van der Waals surface area contributed by atoms with Crippen LogP contribution in [0.1, 0.15) is 12.1 Å². The van der Waals surface area contributed by atoms with Gasteiger partial charge in [0.15, 0.2) is 0 Å². The molecule has 0 aliphatic carbocycles. The molecule has 0 spiro atoms. The Kier molecular flexibility index (Phi) is 4.94. The van der Waals surface area contributed by atoms with Crippen LogP contribution in [-0.2, 0) is 15.3 Å². The Hall–Kier alpha value is -0.713. The molecule has 0 aromatic carbocycles. The highest BCUT2D eigenvalue weighted by molar-refractivity contribution is 6.65. The summed E-state index contributed by atoms with van der Waals surface area (Å²) in [5, 5.41) is 0. The molecule has 0 aliphatic rings. The fourth-order valence-corrected chi connectivity index (χ4v) is 2.82. The van der Waals surface area contributed by atoms with Gasteiger partial charge in [-0.3, -0.25) is 4.98 Å². The van der Waals surface area contributed by atoms with Crippen LogP contribution in [0.4, 0.5) is 0 Å². The van der Waals surface area contributed by atoms with Gasteiger partial charge >= 0.3 is 8.56 Å². The average Bonchev–Trinajstić information content (AvgIpc) is 2.30. The Morgan fingerprint density at radius 1 is 1.27 bits per heavy atom. The van der Waals surface area contributed by atoms with E-state index in [1.54, 1.807) is 14.2 Å². The van der Waals surface area contributed by atoms with Crippen molar-refractivity contribution in [2.75, 3.05) is 14.2 Å². The second kappa shape index (κ2) is 6.00. The number of hydrogen-bond donors (Lipinski definition) is 0. The van der Waals surface area contributed by atoms with Gasteiger partial charge in [-0.1, -0.05) is 6.07 Å². The molecule has 15 heavy (non-hydrogen) atoms. The Balaban J connectivity index is 2.33. The maximum Gasteiger partial charge on any atom is 0.334 e. The van der Waals surface area contributed by atoms with Gasteiger partial charge in [0, 0.05) is 26.1 Å². The molecule has 0 fully saturated rings. The number of rotatable bonds is 6. The third kappa shape index (κ3) is 4.11. The molecule has 4 heteroatoms. The molecule has 0 radical (unpaired) electrons. The molecular formula is C11H19NO2Si. The normalized spacial score (nSPS) is 11.7. The highest BCUT2D eigenvalue weighted by Crippen LogP contribution is 2.15. The standard InChI is InChI=1S/C11H19NO2Si/c1-13-15(3,14-2)10-6-8-11-7-4-5-9-12-11/h4-5,7,9H,6,8,10H2,1-3H3. The molecule has 1 aromatic heterocycles. The SMILES string of the molecule is CO[Si](C)(CCCc1ccccn1)OC. The Labute approximate surface area is 92.7 Å². The Morgan fingerprint density at radius 3 is 2.53 bits per heavy atom. The molecule has 3 nitrogen and oxygen atoms in total. The van der Waals surface area contributed by atoms with Crippen molar-refractivity contribution in [3.63, 3.8) is 0 Å². The zero-order chi connectivity index (χ0) is 11.1. The molecule has 1 aromatic rings. The lowest BCUT2D eigenvalue weighted by Crippen LogP contribution is -2.35. The van der Waals surface area contributed by atoms with Crippen LogP contribution in [0.25, 0.3) is 0 Å². The summed E-state index contributed by atoms with van der Waals surface area (Å²) < 4.78 is 10.8. The van der Waals surface area contributed by atoms with E-state index in [1.165, 1.54) is 0 Å². The van der Waals surface area contributed by atoms with E-state index in [1.807, 2.05) is 18.3 Å². The molecule has 84 valence electrons. The van der Waals surface area contributed by atoms with Gasteiger partial charge in [-0.15, -0.1) is 0 Å². The zero-order valence-corrected chi connectivity index (χ0v) is 10.7. The molecule has 0 saturated heterocycles. The number of pyridine rings is 1. The van der Waals surface area contributed by atoms with Gasteiger partial charge in [0.2, 0.25) is 0 Å². The first-order valence-electron chi connectivity index (χ1n) is 5.20. The molecule has 0 saturated carbocycles. The molecule has 1 rings (SSSR count). The summed E-state index contributed by atoms with van der Waals surface area (Å²) >= 11 is 0. The topological polar surface area (TPSA) is 31.4 Å². The number of aryl methyl sites for hydroxylation is 1. The van der Waals surface area contributed by atoms with Crippen LogP contribution in [0.3, 0.4) is 0 Å². The van der Waals surface area contributed by atoms with Crippen LogP contribution in [0, 0.1) is 0 Å². The summed E-state index contributed by atoms with van der Waals surface area (Å²) in [5.41, 5.74) is 1.14. The first-order chi connectivity index (χ1) is 7.20. The zero-order valence-electron chi connectivity index (χ0n) is 9.69. The molecule has 0 unspecified atom stereocenters. The predicted octanol–water partition coefficient (Wildman–Crippen LogP) is 2.38. The van der Waals surface area contributed by atoms with Crippen molar-refractivity contribution >= 4 is 8.56 Å². The van der Waals surface area contributed by atoms with Crippen molar-refractivity contribution in [2.45, 2.75) is 25.4 Å². The summed E-state index contributed by atoms with van der Waals surface area (Å²) in [6.45, 7) is 2.09. The van der Waals surface area contributed by atoms with Gasteiger partial charge in [0.1, 0.15) is 0 Å². The number of hydrogen-bond acceptors (Lipinski definition) is 3. The van der Waals surface area contributed by atoms with Crippen LogP contribution < -0.4 is 0 Å². The van der Waals surface area contributed by atoms with E-state index in [9.17, 15) is 0 Å². The summed E-state index contributed by atoms with van der Waals surface area (Å²) in [5.74, 6) is 0. The van der Waals surface area contributed by atoms with E-state index in [-0.39, 0.29) is 0 Å². The van der Waals surface area contributed by atoms with Gasteiger partial charge in [0.05, 0.1) is 0 Å². The summed E-state index contributed by atoms with van der Waals surface area (Å²) in [4.78, 5) is 4.28. The third-order valence-electron chi connectivity index (χ3n) is 2.65. The quantitative estimate of drug-likeness (QED) is 0.697. The van der Waals surface area contributed by atoms with E-state index in [4.69, 9.17) is 8.85 Å². The minimum atomic E-state index is -1.88. The number of nitrogens with zero attached hydrogens (tertiary/aromatic N) is 1.